The van der Waals surface area contributed by atoms with Crippen LogP contribution in [-0.4, -0.2) is 30.3 Å². The third kappa shape index (κ3) is 3.46. The molecule has 0 aliphatic carbocycles. The average Bonchev–Trinajstić information content (AvgIpc) is 2.38. The maximum Gasteiger partial charge on any atom is 0.305 e. The van der Waals surface area contributed by atoms with Crippen LogP contribution in [0.15, 0.2) is 12.1 Å². The summed E-state index contributed by atoms with van der Waals surface area (Å²) in [6.07, 6.45) is -0.0829. The number of nitro benzene ring substituents is 1. The standard InChI is InChI=1S/C11H11F2N3O4/c1-14-8(17)4-5-15-11(18)9-6(12)2-3-7(10(9)13)16(19)20/h2-3H,4-5H2,1H3,(H,14,17)(H,15,18). The molecule has 0 radical (unpaired) electrons. The Labute approximate surface area is 112 Å². The summed E-state index contributed by atoms with van der Waals surface area (Å²) in [4.78, 5) is 31.9. The van der Waals surface area contributed by atoms with Gasteiger partial charge in [-0.2, -0.15) is 4.39 Å². The minimum Gasteiger partial charge on any atom is -0.359 e. The van der Waals surface area contributed by atoms with E-state index in [1.807, 2.05) is 0 Å². The number of rotatable bonds is 5. The van der Waals surface area contributed by atoms with Crippen LogP contribution in [0.2, 0.25) is 0 Å². The summed E-state index contributed by atoms with van der Waals surface area (Å²) in [5.41, 5.74) is -2.04. The van der Waals surface area contributed by atoms with E-state index in [0.717, 1.165) is 0 Å². The van der Waals surface area contributed by atoms with Crippen LogP contribution in [-0.2, 0) is 4.79 Å². The first-order valence-electron chi connectivity index (χ1n) is 5.49. The highest BCUT2D eigenvalue weighted by Crippen LogP contribution is 2.22. The van der Waals surface area contributed by atoms with E-state index < -0.39 is 33.7 Å². The van der Waals surface area contributed by atoms with Crippen molar-refractivity contribution in [3.63, 3.8) is 0 Å². The summed E-state index contributed by atoms with van der Waals surface area (Å²) in [5.74, 6) is -4.30. The summed E-state index contributed by atoms with van der Waals surface area (Å²) in [5, 5.41) is 14.9. The van der Waals surface area contributed by atoms with Crippen molar-refractivity contribution in [3.05, 3.63) is 39.4 Å². The SMILES string of the molecule is CNC(=O)CCNC(=O)c1c(F)ccc([N+](=O)[O-])c1F. The summed E-state index contributed by atoms with van der Waals surface area (Å²) >= 11 is 0. The van der Waals surface area contributed by atoms with E-state index in [4.69, 9.17) is 0 Å². The first-order chi connectivity index (χ1) is 9.38. The van der Waals surface area contributed by atoms with E-state index >= 15 is 0 Å². The number of hydrogen-bond acceptors (Lipinski definition) is 4. The molecule has 0 aromatic heterocycles. The number of benzene rings is 1. The molecule has 7 nitrogen and oxygen atoms in total. The zero-order valence-electron chi connectivity index (χ0n) is 10.4. The molecule has 2 amide bonds. The second-order valence-corrected chi connectivity index (χ2v) is 3.69. The molecule has 1 rings (SSSR count). The summed E-state index contributed by atoms with van der Waals surface area (Å²) in [6.45, 7) is -0.153. The summed E-state index contributed by atoms with van der Waals surface area (Å²) < 4.78 is 27.1. The highest BCUT2D eigenvalue weighted by Gasteiger charge is 2.25. The Bertz CT molecular complexity index is 563. The van der Waals surface area contributed by atoms with Crippen LogP contribution in [0.3, 0.4) is 0 Å². The Balaban J connectivity index is 2.90. The molecular weight excluding hydrogens is 276 g/mol. The zero-order valence-corrected chi connectivity index (χ0v) is 10.4. The predicted octanol–water partition coefficient (Wildman–Crippen LogP) is 0.739. The van der Waals surface area contributed by atoms with Gasteiger partial charge in [-0.05, 0) is 6.07 Å². The number of nitrogens with zero attached hydrogens (tertiary/aromatic N) is 1. The second kappa shape index (κ2) is 6.55. The molecule has 0 aliphatic heterocycles. The summed E-state index contributed by atoms with van der Waals surface area (Å²) in [7, 11) is 1.39. The lowest BCUT2D eigenvalue weighted by Gasteiger charge is -2.07. The molecule has 1 aromatic carbocycles. The van der Waals surface area contributed by atoms with E-state index in [1.165, 1.54) is 7.05 Å². The van der Waals surface area contributed by atoms with Gasteiger partial charge in [-0.15, -0.1) is 0 Å². The van der Waals surface area contributed by atoms with Crippen LogP contribution in [0.4, 0.5) is 14.5 Å². The number of nitro groups is 1. The highest BCUT2D eigenvalue weighted by molar-refractivity contribution is 5.95. The molecule has 108 valence electrons. The van der Waals surface area contributed by atoms with Crippen LogP contribution in [0, 0.1) is 21.7 Å². The Kier molecular flexibility index (Phi) is 5.07. The topological polar surface area (TPSA) is 101 Å². The zero-order chi connectivity index (χ0) is 15.3. The Morgan fingerprint density at radius 2 is 2.00 bits per heavy atom. The van der Waals surface area contributed by atoms with E-state index in [0.29, 0.717) is 12.1 Å². The monoisotopic (exact) mass is 287 g/mol. The molecule has 0 saturated heterocycles. The first-order valence-corrected chi connectivity index (χ1v) is 5.49. The van der Waals surface area contributed by atoms with Crippen LogP contribution < -0.4 is 10.6 Å². The smallest absolute Gasteiger partial charge is 0.305 e. The minimum absolute atomic E-state index is 0.0829. The van der Waals surface area contributed by atoms with Crippen molar-refractivity contribution in [2.75, 3.05) is 13.6 Å². The fraction of sp³-hybridized carbons (Fsp3) is 0.273. The summed E-state index contributed by atoms with van der Waals surface area (Å²) in [6, 6.07) is 1.26. The Morgan fingerprint density at radius 3 is 2.55 bits per heavy atom. The van der Waals surface area contributed by atoms with Crippen LogP contribution in [0.5, 0.6) is 0 Å². The van der Waals surface area contributed by atoms with Gasteiger partial charge in [-0.3, -0.25) is 19.7 Å². The molecule has 1 aromatic rings. The third-order valence-electron chi connectivity index (χ3n) is 2.41. The fourth-order valence-electron chi connectivity index (χ4n) is 1.39. The number of amides is 2. The van der Waals surface area contributed by atoms with Gasteiger partial charge in [0.15, 0.2) is 0 Å². The maximum atomic E-state index is 13.7. The van der Waals surface area contributed by atoms with Gasteiger partial charge in [0.25, 0.3) is 5.91 Å². The van der Waals surface area contributed by atoms with Crippen molar-refractivity contribution in [1.29, 1.82) is 0 Å². The minimum atomic E-state index is -1.55. The lowest BCUT2D eigenvalue weighted by molar-refractivity contribution is -0.387. The molecule has 0 spiro atoms. The maximum absolute atomic E-state index is 13.7. The molecule has 20 heavy (non-hydrogen) atoms. The van der Waals surface area contributed by atoms with Crippen molar-refractivity contribution in [2.45, 2.75) is 6.42 Å². The van der Waals surface area contributed by atoms with Crippen LogP contribution in [0.25, 0.3) is 0 Å². The molecule has 2 N–H and O–H groups in total. The predicted molar refractivity (Wildman–Crippen MR) is 64.0 cm³/mol. The fourth-order valence-corrected chi connectivity index (χ4v) is 1.39. The van der Waals surface area contributed by atoms with E-state index in [1.54, 1.807) is 0 Å². The lowest BCUT2D eigenvalue weighted by Crippen LogP contribution is -2.30. The number of halogens is 2. The van der Waals surface area contributed by atoms with Crippen molar-refractivity contribution >= 4 is 17.5 Å². The van der Waals surface area contributed by atoms with E-state index in [-0.39, 0.29) is 18.9 Å². The molecule has 0 fully saturated rings. The van der Waals surface area contributed by atoms with Gasteiger partial charge < -0.3 is 10.6 Å². The Morgan fingerprint density at radius 1 is 1.35 bits per heavy atom. The van der Waals surface area contributed by atoms with Crippen LogP contribution in [0.1, 0.15) is 16.8 Å². The first kappa shape index (κ1) is 15.5. The molecular formula is C11H11F2N3O4. The van der Waals surface area contributed by atoms with E-state index in [9.17, 15) is 28.5 Å². The molecule has 0 heterocycles. The van der Waals surface area contributed by atoms with Gasteiger partial charge in [0.05, 0.1) is 4.92 Å². The van der Waals surface area contributed by atoms with Crippen LogP contribution >= 0.6 is 0 Å². The average molecular weight is 287 g/mol. The second-order valence-electron chi connectivity index (χ2n) is 3.69. The Hall–Kier alpha value is -2.58. The third-order valence-corrected chi connectivity index (χ3v) is 2.41. The molecule has 0 atom stereocenters. The van der Waals surface area contributed by atoms with Gasteiger partial charge in [0.2, 0.25) is 11.7 Å². The normalized spacial score (nSPS) is 9.95. The highest BCUT2D eigenvalue weighted by atomic mass is 19.1. The number of hydrogen-bond donors (Lipinski definition) is 2. The quantitative estimate of drug-likeness (QED) is 0.616. The number of carbonyl (C=O) groups excluding carboxylic acids is 2. The van der Waals surface area contributed by atoms with Crippen molar-refractivity contribution in [1.82, 2.24) is 10.6 Å². The lowest BCUT2D eigenvalue weighted by atomic mass is 10.1. The van der Waals surface area contributed by atoms with Crippen molar-refractivity contribution in [2.24, 2.45) is 0 Å². The molecule has 9 heteroatoms. The molecule has 0 aliphatic rings. The number of nitrogens with one attached hydrogen (secondary N) is 2. The van der Waals surface area contributed by atoms with Crippen molar-refractivity contribution in [3.8, 4) is 0 Å². The molecule has 0 bridgehead atoms. The molecule has 0 unspecified atom stereocenters. The van der Waals surface area contributed by atoms with Gasteiger partial charge in [-0.25, -0.2) is 4.39 Å². The van der Waals surface area contributed by atoms with Gasteiger partial charge in [-0.1, -0.05) is 0 Å². The van der Waals surface area contributed by atoms with Gasteiger partial charge in [0.1, 0.15) is 11.4 Å². The van der Waals surface area contributed by atoms with Gasteiger partial charge in [0, 0.05) is 26.1 Å². The molecule has 0 saturated carbocycles. The van der Waals surface area contributed by atoms with E-state index in [2.05, 4.69) is 10.6 Å². The van der Waals surface area contributed by atoms with Gasteiger partial charge >= 0.3 is 5.69 Å². The number of carbonyl (C=O) groups is 2. The largest absolute Gasteiger partial charge is 0.359 e. The van der Waals surface area contributed by atoms with Crippen molar-refractivity contribution < 1.29 is 23.3 Å².